The molecule has 0 atom stereocenters. The molecular weight excluding hydrogens is 474 g/mol. The molecule has 0 aromatic heterocycles. The smallest absolute Gasteiger partial charge is 0.343 e. The molecule has 0 aliphatic carbocycles. The van der Waals surface area contributed by atoms with Gasteiger partial charge in [0.1, 0.15) is 5.75 Å². The number of benzene rings is 3. The number of hydrazone groups is 1. The predicted octanol–water partition coefficient (Wildman–Crippen LogP) is 4.49. The fourth-order valence-electron chi connectivity index (χ4n) is 3.14. The lowest BCUT2D eigenvalue weighted by molar-refractivity contribution is -0.136. The third-order valence-corrected chi connectivity index (χ3v) is 5.23. The molecule has 37 heavy (non-hydrogen) atoms. The van der Waals surface area contributed by atoms with Gasteiger partial charge in [0.2, 0.25) is 0 Å². The Hall–Kier alpha value is -4.66. The van der Waals surface area contributed by atoms with Gasteiger partial charge in [0.25, 0.3) is 0 Å². The van der Waals surface area contributed by atoms with E-state index in [0.717, 1.165) is 18.4 Å². The molecule has 0 unspecified atom stereocenters. The lowest BCUT2D eigenvalue weighted by Gasteiger charge is -2.10. The minimum Gasteiger partial charge on any atom is -0.494 e. The number of methoxy groups -OCH3 is 1. The highest BCUT2D eigenvalue weighted by atomic mass is 16.6. The molecule has 3 aromatic rings. The highest BCUT2D eigenvalue weighted by Crippen LogP contribution is 2.28. The second-order valence-electron chi connectivity index (χ2n) is 7.99. The first-order chi connectivity index (χ1) is 17.9. The van der Waals surface area contributed by atoms with Crippen molar-refractivity contribution in [1.82, 2.24) is 5.43 Å². The van der Waals surface area contributed by atoms with Gasteiger partial charge >= 0.3 is 17.8 Å². The molecule has 9 heteroatoms. The Balaban J connectivity index is 1.57. The molecule has 0 radical (unpaired) electrons. The number of unbranched alkanes of at least 4 members (excludes halogenated alkanes) is 1. The minimum atomic E-state index is -0.918. The van der Waals surface area contributed by atoms with Gasteiger partial charge in [0.15, 0.2) is 11.5 Å². The zero-order valence-electron chi connectivity index (χ0n) is 20.9. The maximum Gasteiger partial charge on any atom is 0.343 e. The molecule has 0 bridgehead atoms. The summed E-state index contributed by atoms with van der Waals surface area (Å²) in [6.45, 7) is 4.53. The Morgan fingerprint density at radius 2 is 1.70 bits per heavy atom. The van der Waals surface area contributed by atoms with Gasteiger partial charge in [-0.25, -0.2) is 10.2 Å². The van der Waals surface area contributed by atoms with Gasteiger partial charge in [-0.3, -0.25) is 9.59 Å². The van der Waals surface area contributed by atoms with Gasteiger partial charge in [0.05, 0.1) is 25.5 Å². The van der Waals surface area contributed by atoms with Gasteiger partial charge < -0.3 is 19.5 Å². The number of carbonyl (C=O) groups excluding carboxylic acids is 3. The Kier molecular flexibility index (Phi) is 9.78. The van der Waals surface area contributed by atoms with E-state index in [1.165, 1.54) is 13.3 Å². The number of hydrogen-bond acceptors (Lipinski definition) is 7. The first-order valence-electron chi connectivity index (χ1n) is 11.7. The fourth-order valence-corrected chi connectivity index (χ4v) is 3.14. The number of para-hydroxylation sites is 1. The summed E-state index contributed by atoms with van der Waals surface area (Å²) in [6, 6.07) is 18.6. The van der Waals surface area contributed by atoms with Crippen molar-refractivity contribution in [2.75, 3.05) is 19.0 Å². The summed E-state index contributed by atoms with van der Waals surface area (Å²) in [5, 5.41) is 6.34. The number of nitrogens with zero attached hydrogens (tertiary/aromatic N) is 1. The van der Waals surface area contributed by atoms with Crippen LogP contribution in [0.4, 0.5) is 5.69 Å². The zero-order valence-corrected chi connectivity index (χ0v) is 20.9. The second-order valence-corrected chi connectivity index (χ2v) is 7.99. The molecular formula is C28H29N3O6. The van der Waals surface area contributed by atoms with E-state index < -0.39 is 17.8 Å². The molecule has 2 N–H and O–H groups in total. The Morgan fingerprint density at radius 1 is 0.946 bits per heavy atom. The molecule has 0 aliphatic rings. The van der Waals surface area contributed by atoms with Crippen molar-refractivity contribution >= 4 is 29.7 Å². The number of rotatable bonds is 10. The van der Waals surface area contributed by atoms with Crippen LogP contribution >= 0.6 is 0 Å². The number of amides is 2. The first-order valence-corrected chi connectivity index (χ1v) is 11.7. The largest absolute Gasteiger partial charge is 0.494 e. The molecule has 2 amide bonds. The van der Waals surface area contributed by atoms with E-state index in [1.54, 1.807) is 54.6 Å². The number of carbonyl (C=O) groups is 3. The zero-order chi connectivity index (χ0) is 26.6. The molecule has 3 aromatic carbocycles. The highest BCUT2D eigenvalue weighted by molar-refractivity contribution is 6.39. The molecule has 0 saturated heterocycles. The van der Waals surface area contributed by atoms with Gasteiger partial charge in [-0.05, 0) is 73.0 Å². The Labute approximate surface area is 215 Å². The van der Waals surface area contributed by atoms with E-state index in [-0.39, 0.29) is 5.75 Å². The summed E-state index contributed by atoms with van der Waals surface area (Å²) in [6.07, 6.45) is 3.33. The summed E-state index contributed by atoms with van der Waals surface area (Å²) < 4.78 is 16.4. The predicted molar refractivity (Wildman–Crippen MR) is 140 cm³/mol. The minimum absolute atomic E-state index is 0.217. The molecule has 192 valence electrons. The van der Waals surface area contributed by atoms with Crippen molar-refractivity contribution < 1.29 is 28.6 Å². The molecule has 0 aliphatic heterocycles. The maximum atomic E-state index is 12.6. The van der Waals surface area contributed by atoms with Crippen LogP contribution in [0.25, 0.3) is 0 Å². The van der Waals surface area contributed by atoms with Crippen LogP contribution in [0.15, 0.2) is 71.8 Å². The van der Waals surface area contributed by atoms with Crippen molar-refractivity contribution in [3.8, 4) is 17.2 Å². The van der Waals surface area contributed by atoms with Crippen molar-refractivity contribution in [3.63, 3.8) is 0 Å². The molecule has 9 nitrogen and oxygen atoms in total. The normalized spacial score (nSPS) is 10.6. The molecule has 0 spiro atoms. The number of esters is 1. The van der Waals surface area contributed by atoms with Gasteiger partial charge in [-0.2, -0.15) is 5.10 Å². The number of nitrogens with one attached hydrogen (secondary N) is 2. The van der Waals surface area contributed by atoms with Crippen LogP contribution in [0, 0.1) is 6.92 Å². The lowest BCUT2D eigenvalue weighted by Crippen LogP contribution is -2.32. The Morgan fingerprint density at radius 3 is 2.41 bits per heavy atom. The summed E-state index contributed by atoms with van der Waals surface area (Å²) in [7, 11) is 1.44. The van der Waals surface area contributed by atoms with Gasteiger partial charge in [-0.1, -0.05) is 31.5 Å². The third kappa shape index (κ3) is 7.93. The van der Waals surface area contributed by atoms with Crippen LogP contribution in [-0.2, 0) is 9.59 Å². The van der Waals surface area contributed by atoms with E-state index in [4.69, 9.17) is 14.2 Å². The van der Waals surface area contributed by atoms with Gasteiger partial charge in [0, 0.05) is 5.69 Å². The second kappa shape index (κ2) is 13.4. The number of aryl methyl sites for hydroxylation is 1. The monoisotopic (exact) mass is 503 g/mol. The summed E-state index contributed by atoms with van der Waals surface area (Å²) in [5.74, 6) is -1.11. The molecule has 0 saturated carbocycles. The topological polar surface area (TPSA) is 115 Å². The number of hydrogen-bond donors (Lipinski definition) is 2. The summed E-state index contributed by atoms with van der Waals surface area (Å²) in [4.78, 5) is 36.7. The lowest BCUT2D eigenvalue weighted by atomic mass is 10.2. The SMILES string of the molecule is CCCCOc1ccc(C(=O)Oc2ccc(/C=N\NC(=O)C(=O)Nc3ccccc3C)cc2OC)cc1. The van der Waals surface area contributed by atoms with Crippen LogP contribution < -0.4 is 25.0 Å². The number of ether oxygens (including phenoxy) is 3. The van der Waals surface area contributed by atoms with E-state index in [9.17, 15) is 14.4 Å². The van der Waals surface area contributed by atoms with Crippen molar-refractivity contribution in [3.05, 3.63) is 83.4 Å². The van der Waals surface area contributed by atoms with Crippen molar-refractivity contribution in [1.29, 1.82) is 0 Å². The van der Waals surface area contributed by atoms with E-state index in [2.05, 4.69) is 22.8 Å². The highest BCUT2D eigenvalue weighted by Gasteiger charge is 2.15. The van der Waals surface area contributed by atoms with Crippen LogP contribution in [0.3, 0.4) is 0 Å². The van der Waals surface area contributed by atoms with Crippen molar-refractivity contribution in [2.45, 2.75) is 26.7 Å². The Bertz CT molecular complexity index is 1270. The van der Waals surface area contributed by atoms with Gasteiger partial charge in [-0.15, -0.1) is 0 Å². The van der Waals surface area contributed by atoms with Crippen LogP contribution in [0.1, 0.15) is 41.3 Å². The molecule has 0 heterocycles. The quantitative estimate of drug-likeness (QED) is 0.105. The molecule has 0 fully saturated rings. The van der Waals surface area contributed by atoms with Crippen LogP contribution in [0.5, 0.6) is 17.2 Å². The summed E-state index contributed by atoms with van der Waals surface area (Å²) >= 11 is 0. The van der Waals surface area contributed by atoms with E-state index >= 15 is 0 Å². The van der Waals surface area contributed by atoms with Crippen LogP contribution in [0.2, 0.25) is 0 Å². The van der Waals surface area contributed by atoms with Crippen LogP contribution in [-0.4, -0.2) is 37.7 Å². The molecule has 3 rings (SSSR count). The third-order valence-electron chi connectivity index (χ3n) is 5.23. The fraction of sp³-hybridized carbons (Fsp3) is 0.214. The average Bonchev–Trinajstić information content (AvgIpc) is 2.91. The van der Waals surface area contributed by atoms with E-state index in [0.29, 0.717) is 34.9 Å². The average molecular weight is 504 g/mol. The van der Waals surface area contributed by atoms with E-state index in [1.807, 2.05) is 19.1 Å². The summed E-state index contributed by atoms with van der Waals surface area (Å²) in [5.41, 5.74) is 4.46. The number of anilines is 1. The maximum absolute atomic E-state index is 12.6. The van der Waals surface area contributed by atoms with Crippen molar-refractivity contribution in [2.24, 2.45) is 5.10 Å². The first kappa shape index (κ1) is 26.9. The standard InChI is InChI=1S/C28H29N3O6/c1-4-5-16-36-22-13-11-21(12-14-22)28(34)37-24-15-10-20(17-25(24)35-3)18-29-31-27(33)26(32)30-23-9-7-6-8-19(23)2/h6-15,17-18H,4-5,16H2,1-3H3,(H,30,32)(H,31,33)/b29-18-.